The van der Waals surface area contributed by atoms with Gasteiger partial charge >= 0.3 is 0 Å². The van der Waals surface area contributed by atoms with Crippen LogP contribution in [0, 0.1) is 0 Å². The second kappa shape index (κ2) is 5.96. The van der Waals surface area contributed by atoms with Gasteiger partial charge in [-0.15, -0.1) is 0 Å². The number of nitrogens with one attached hydrogen (secondary N) is 2. The number of hydrogen-bond donors (Lipinski definition) is 2. The van der Waals surface area contributed by atoms with E-state index < -0.39 is 10.0 Å². The molecule has 108 valence electrons. The highest BCUT2D eigenvalue weighted by atomic mass is 32.2. The molecular weight excluding hydrogens is 276 g/mol. The van der Waals surface area contributed by atoms with Crippen molar-refractivity contribution in [2.75, 3.05) is 22.7 Å². The van der Waals surface area contributed by atoms with Crippen LogP contribution in [0.1, 0.15) is 13.8 Å². The van der Waals surface area contributed by atoms with E-state index >= 15 is 0 Å². The van der Waals surface area contributed by atoms with E-state index in [4.69, 9.17) is 0 Å². The molecule has 0 radical (unpaired) electrons. The lowest BCUT2D eigenvalue weighted by atomic mass is 10.2. The molecule has 0 spiro atoms. The fourth-order valence-corrected chi connectivity index (χ4v) is 2.89. The second-order valence-electron chi connectivity index (χ2n) is 4.24. The van der Waals surface area contributed by atoms with E-state index in [0.29, 0.717) is 5.69 Å². The molecule has 0 saturated heterocycles. The van der Waals surface area contributed by atoms with E-state index in [-0.39, 0.29) is 5.03 Å². The molecule has 0 aliphatic carbocycles. The minimum absolute atomic E-state index is 0.0466. The van der Waals surface area contributed by atoms with Gasteiger partial charge in [0.25, 0.3) is 10.0 Å². The van der Waals surface area contributed by atoms with E-state index in [1.807, 2.05) is 12.1 Å². The fourth-order valence-electron chi connectivity index (χ4n) is 1.93. The summed E-state index contributed by atoms with van der Waals surface area (Å²) in [6.45, 7) is 5.99. The van der Waals surface area contributed by atoms with Gasteiger partial charge < -0.3 is 9.88 Å². The van der Waals surface area contributed by atoms with Gasteiger partial charge in [-0.05, 0) is 38.1 Å². The van der Waals surface area contributed by atoms with Crippen LogP contribution in [0.25, 0.3) is 0 Å². The van der Waals surface area contributed by atoms with Gasteiger partial charge in [-0.2, -0.15) is 8.42 Å². The number of sulfonamides is 1. The van der Waals surface area contributed by atoms with Crippen molar-refractivity contribution >= 4 is 21.4 Å². The lowest BCUT2D eigenvalue weighted by molar-refractivity contribution is 0.598. The summed E-state index contributed by atoms with van der Waals surface area (Å²) < 4.78 is 26.5. The Morgan fingerprint density at radius 3 is 2.35 bits per heavy atom. The third kappa shape index (κ3) is 3.11. The van der Waals surface area contributed by atoms with Crippen LogP contribution in [0.2, 0.25) is 0 Å². The zero-order chi connectivity index (χ0) is 14.6. The quantitative estimate of drug-likeness (QED) is 0.855. The predicted octanol–water partition coefficient (Wildman–Crippen LogP) is 2.06. The first-order valence-electron chi connectivity index (χ1n) is 6.43. The van der Waals surface area contributed by atoms with Crippen LogP contribution in [0.15, 0.2) is 41.8 Å². The van der Waals surface area contributed by atoms with Gasteiger partial charge in [0.15, 0.2) is 5.03 Å². The normalized spacial score (nSPS) is 11.3. The average molecular weight is 294 g/mol. The minimum atomic E-state index is -3.60. The van der Waals surface area contributed by atoms with Crippen molar-refractivity contribution in [3.05, 3.63) is 36.8 Å². The maximum Gasteiger partial charge on any atom is 0.278 e. The van der Waals surface area contributed by atoms with Crippen molar-refractivity contribution in [1.82, 2.24) is 9.97 Å². The molecule has 0 bridgehead atoms. The Morgan fingerprint density at radius 1 is 1.20 bits per heavy atom. The van der Waals surface area contributed by atoms with E-state index in [9.17, 15) is 8.42 Å². The number of aromatic amines is 1. The zero-order valence-corrected chi connectivity index (χ0v) is 12.3. The molecule has 1 heterocycles. The molecule has 0 fully saturated rings. The molecule has 20 heavy (non-hydrogen) atoms. The third-order valence-electron chi connectivity index (χ3n) is 3.01. The van der Waals surface area contributed by atoms with Crippen molar-refractivity contribution in [3.8, 4) is 0 Å². The number of hydrogen-bond acceptors (Lipinski definition) is 4. The van der Waals surface area contributed by atoms with Gasteiger partial charge in [-0.1, -0.05) is 0 Å². The maximum absolute atomic E-state index is 12.0. The van der Waals surface area contributed by atoms with Gasteiger partial charge in [0.1, 0.15) is 0 Å². The first kappa shape index (κ1) is 14.4. The van der Waals surface area contributed by atoms with Crippen LogP contribution in [0.4, 0.5) is 11.4 Å². The van der Waals surface area contributed by atoms with Gasteiger partial charge in [0.2, 0.25) is 0 Å². The molecule has 6 nitrogen and oxygen atoms in total. The second-order valence-corrected chi connectivity index (χ2v) is 5.89. The number of nitrogens with zero attached hydrogens (tertiary/aromatic N) is 2. The molecule has 0 amide bonds. The molecule has 0 unspecified atom stereocenters. The first-order valence-corrected chi connectivity index (χ1v) is 7.91. The maximum atomic E-state index is 12.0. The molecule has 0 aliphatic heterocycles. The van der Waals surface area contributed by atoms with Crippen LogP contribution in [-0.2, 0) is 10.0 Å². The molecule has 0 saturated carbocycles. The monoisotopic (exact) mass is 294 g/mol. The Morgan fingerprint density at radius 2 is 1.85 bits per heavy atom. The Bertz CT molecular complexity index is 632. The fraction of sp³-hybridized carbons (Fsp3) is 0.308. The van der Waals surface area contributed by atoms with Gasteiger partial charge in [-0.3, -0.25) is 4.72 Å². The zero-order valence-electron chi connectivity index (χ0n) is 11.5. The number of benzene rings is 1. The average Bonchev–Trinajstić information content (AvgIpc) is 2.96. The van der Waals surface area contributed by atoms with Crippen molar-refractivity contribution in [2.24, 2.45) is 0 Å². The Balaban J connectivity index is 2.15. The number of anilines is 2. The molecule has 1 aromatic heterocycles. The predicted molar refractivity (Wildman–Crippen MR) is 79.4 cm³/mol. The molecule has 1 aromatic carbocycles. The highest BCUT2D eigenvalue weighted by Gasteiger charge is 2.15. The summed E-state index contributed by atoms with van der Waals surface area (Å²) in [5, 5.41) is 0.0466. The van der Waals surface area contributed by atoms with E-state index in [0.717, 1.165) is 18.8 Å². The summed E-state index contributed by atoms with van der Waals surface area (Å²) in [5.74, 6) is 0. The van der Waals surface area contributed by atoms with Gasteiger partial charge in [-0.25, -0.2) is 4.98 Å². The van der Waals surface area contributed by atoms with Crippen molar-refractivity contribution < 1.29 is 8.42 Å². The highest BCUT2D eigenvalue weighted by Crippen LogP contribution is 2.19. The van der Waals surface area contributed by atoms with Gasteiger partial charge in [0.05, 0.1) is 12.5 Å². The summed E-state index contributed by atoms with van der Waals surface area (Å²) in [6, 6.07) is 7.30. The van der Waals surface area contributed by atoms with E-state index in [2.05, 4.69) is 33.4 Å². The smallest absolute Gasteiger partial charge is 0.278 e. The number of imidazole rings is 1. The summed E-state index contributed by atoms with van der Waals surface area (Å²) in [4.78, 5) is 8.47. The number of H-pyrrole nitrogens is 1. The SMILES string of the molecule is CCN(CC)c1ccc(NS(=O)(=O)c2cnc[nH]2)cc1. The molecular formula is C13H18N4O2S. The van der Waals surface area contributed by atoms with Crippen LogP contribution >= 0.6 is 0 Å². The summed E-state index contributed by atoms with van der Waals surface area (Å²) in [7, 11) is -3.60. The molecule has 2 N–H and O–H groups in total. The Hall–Kier alpha value is -2.02. The molecule has 0 aliphatic rings. The summed E-state index contributed by atoms with van der Waals surface area (Å²) in [6.07, 6.45) is 2.60. The van der Waals surface area contributed by atoms with Crippen molar-refractivity contribution in [3.63, 3.8) is 0 Å². The lowest BCUT2D eigenvalue weighted by Gasteiger charge is -2.21. The van der Waals surface area contributed by atoms with E-state index in [1.165, 1.54) is 12.5 Å². The molecule has 2 rings (SSSR count). The van der Waals surface area contributed by atoms with E-state index in [1.54, 1.807) is 12.1 Å². The Kier molecular flexibility index (Phi) is 4.29. The van der Waals surface area contributed by atoms with Crippen LogP contribution in [-0.4, -0.2) is 31.5 Å². The summed E-state index contributed by atoms with van der Waals surface area (Å²) in [5.41, 5.74) is 1.59. The highest BCUT2D eigenvalue weighted by molar-refractivity contribution is 7.92. The molecule has 7 heteroatoms. The summed E-state index contributed by atoms with van der Waals surface area (Å²) >= 11 is 0. The standard InChI is InChI=1S/C13H18N4O2S/c1-3-17(4-2)12-7-5-11(6-8-12)16-20(18,19)13-9-14-10-15-13/h5-10,16H,3-4H2,1-2H3,(H,14,15). The first-order chi connectivity index (χ1) is 9.56. The van der Waals surface area contributed by atoms with Crippen molar-refractivity contribution in [1.29, 1.82) is 0 Å². The minimum Gasteiger partial charge on any atom is -0.372 e. The number of aromatic nitrogens is 2. The molecule has 2 aromatic rings. The Labute approximate surface area is 118 Å². The van der Waals surface area contributed by atoms with Gasteiger partial charge in [0, 0.05) is 24.5 Å². The largest absolute Gasteiger partial charge is 0.372 e. The molecule has 0 atom stereocenters. The van der Waals surface area contributed by atoms with Crippen LogP contribution < -0.4 is 9.62 Å². The topological polar surface area (TPSA) is 78.1 Å². The number of rotatable bonds is 6. The lowest BCUT2D eigenvalue weighted by Crippen LogP contribution is -2.21. The van der Waals surface area contributed by atoms with Crippen molar-refractivity contribution in [2.45, 2.75) is 18.9 Å². The van der Waals surface area contributed by atoms with Crippen LogP contribution in [0.5, 0.6) is 0 Å². The van der Waals surface area contributed by atoms with Crippen LogP contribution in [0.3, 0.4) is 0 Å². The third-order valence-corrected chi connectivity index (χ3v) is 4.32.